The Labute approximate surface area is 199 Å². The fraction of sp³-hybridized carbons (Fsp3) is 0.520. The third-order valence-electron chi connectivity index (χ3n) is 7.63. The number of benzene rings is 1. The number of nitrogens with one attached hydrogen (secondary N) is 2. The molecule has 3 aliphatic rings. The molecule has 2 heterocycles. The molecule has 0 saturated heterocycles. The zero-order valence-corrected chi connectivity index (χ0v) is 20.1. The van der Waals surface area contributed by atoms with Crippen molar-refractivity contribution < 1.29 is 14.3 Å². The summed E-state index contributed by atoms with van der Waals surface area (Å²) in [7, 11) is 5.00. The molecule has 1 spiro atoms. The normalized spacial score (nSPS) is 19.4. The van der Waals surface area contributed by atoms with Crippen LogP contribution in [0.15, 0.2) is 24.4 Å². The van der Waals surface area contributed by atoms with E-state index in [9.17, 15) is 9.59 Å². The lowest BCUT2D eigenvalue weighted by atomic mass is 9.67. The summed E-state index contributed by atoms with van der Waals surface area (Å²) in [6.45, 7) is 0.717. The molecule has 0 atom stereocenters. The van der Waals surface area contributed by atoms with E-state index in [-0.39, 0.29) is 17.2 Å². The minimum absolute atomic E-state index is 0.177. The zero-order chi connectivity index (χ0) is 23.9. The lowest BCUT2D eigenvalue weighted by molar-refractivity contribution is -0.131. The number of methoxy groups -OCH3 is 1. The van der Waals surface area contributed by atoms with Gasteiger partial charge in [0.15, 0.2) is 5.82 Å². The Bertz CT molecular complexity index is 1110. The maximum atomic E-state index is 13.4. The molecular formula is C25H32N6O3. The molecule has 1 aromatic heterocycles. The quantitative estimate of drug-likeness (QED) is 0.699. The molecule has 2 aliphatic carbocycles. The van der Waals surface area contributed by atoms with Crippen LogP contribution in [-0.2, 0) is 4.79 Å². The summed E-state index contributed by atoms with van der Waals surface area (Å²) in [5.41, 5.74) is 1.61. The number of carbonyl (C=O) groups is 2. The predicted molar refractivity (Wildman–Crippen MR) is 131 cm³/mol. The van der Waals surface area contributed by atoms with Crippen LogP contribution in [0.2, 0.25) is 0 Å². The summed E-state index contributed by atoms with van der Waals surface area (Å²) >= 11 is 0. The number of amides is 2. The van der Waals surface area contributed by atoms with Gasteiger partial charge in [-0.05, 0) is 43.9 Å². The molecule has 0 radical (unpaired) electrons. The van der Waals surface area contributed by atoms with Gasteiger partial charge in [0.2, 0.25) is 11.9 Å². The van der Waals surface area contributed by atoms with Crippen molar-refractivity contribution in [1.29, 1.82) is 0 Å². The van der Waals surface area contributed by atoms with Crippen molar-refractivity contribution in [1.82, 2.24) is 15.3 Å². The van der Waals surface area contributed by atoms with Crippen molar-refractivity contribution in [3.05, 3.63) is 30.0 Å². The first-order chi connectivity index (χ1) is 16.5. The van der Waals surface area contributed by atoms with Crippen LogP contribution in [0.5, 0.6) is 5.75 Å². The van der Waals surface area contributed by atoms with Crippen LogP contribution in [0.1, 0.15) is 55.3 Å². The highest BCUT2D eigenvalue weighted by molar-refractivity contribution is 6.02. The average Bonchev–Trinajstić information content (AvgIpc) is 3.34. The number of rotatable bonds is 5. The lowest BCUT2D eigenvalue weighted by Gasteiger charge is -2.44. The summed E-state index contributed by atoms with van der Waals surface area (Å²) in [4.78, 5) is 39.0. The second-order valence-corrected chi connectivity index (χ2v) is 9.59. The summed E-state index contributed by atoms with van der Waals surface area (Å²) in [6.07, 6.45) is 9.36. The SMILES string of the molecule is CNC(=O)c1ccc(Nc2ncc3c(n2)N(C2CCCC2)CC2(CCC2)C(=O)N3C)c(OC)c1. The average molecular weight is 465 g/mol. The monoisotopic (exact) mass is 464 g/mol. The van der Waals surface area contributed by atoms with Crippen LogP contribution < -0.4 is 25.2 Å². The Morgan fingerprint density at radius 1 is 1.21 bits per heavy atom. The highest BCUT2D eigenvalue weighted by Crippen LogP contribution is 2.49. The van der Waals surface area contributed by atoms with Crippen molar-refractivity contribution in [2.75, 3.05) is 42.9 Å². The van der Waals surface area contributed by atoms with Crippen LogP contribution in [-0.4, -0.2) is 55.6 Å². The summed E-state index contributed by atoms with van der Waals surface area (Å²) < 4.78 is 5.51. The van der Waals surface area contributed by atoms with E-state index in [1.54, 1.807) is 43.5 Å². The first-order valence-electron chi connectivity index (χ1n) is 12.0. The van der Waals surface area contributed by atoms with Gasteiger partial charge in [0.05, 0.1) is 24.4 Å². The third-order valence-corrected chi connectivity index (χ3v) is 7.63. The van der Waals surface area contributed by atoms with Crippen LogP contribution in [0.25, 0.3) is 0 Å². The highest BCUT2D eigenvalue weighted by Gasteiger charge is 2.51. The molecule has 1 aliphatic heterocycles. The molecule has 2 N–H and O–H groups in total. The van der Waals surface area contributed by atoms with E-state index in [4.69, 9.17) is 9.72 Å². The summed E-state index contributed by atoms with van der Waals surface area (Å²) in [5, 5.41) is 5.87. The van der Waals surface area contributed by atoms with Crippen molar-refractivity contribution >= 4 is 35.0 Å². The van der Waals surface area contributed by atoms with Crippen LogP contribution in [0.4, 0.5) is 23.1 Å². The first kappa shape index (κ1) is 22.4. The number of hydrogen-bond acceptors (Lipinski definition) is 7. The van der Waals surface area contributed by atoms with Crippen LogP contribution >= 0.6 is 0 Å². The van der Waals surface area contributed by atoms with E-state index in [1.165, 1.54) is 12.8 Å². The molecule has 9 heteroatoms. The van der Waals surface area contributed by atoms with Gasteiger partial charge in [-0.15, -0.1) is 0 Å². The maximum absolute atomic E-state index is 13.4. The van der Waals surface area contributed by atoms with Crippen molar-refractivity contribution in [2.45, 2.75) is 51.0 Å². The largest absolute Gasteiger partial charge is 0.495 e. The van der Waals surface area contributed by atoms with Crippen LogP contribution in [0.3, 0.4) is 0 Å². The zero-order valence-electron chi connectivity index (χ0n) is 20.1. The van der Waals surface area contributed by atoms with Gasteiger partial charge in [-0.2, -0.15) is 4.98 Å². The number of ether oxygens (including phenoxy) is 1. The Morgan fingerprint density at radius 3 is 2.62 bits per heavy atom. The Kier molecular flexibility index (Phi) is 5.79. The van der Waals surface area contributed by atoms with Gasteiger partial charge in [0.25, 0.3) is 5.91 Å². The van der Waals surface area contributed by atoms with E-state index >= 15 is 0 Å². The van der Waals surface area contributed by atoms with Crippen molar-refractivity contribution in [2.24, 2.45) is 5.41 Å². The molecule has 5 rings (SSSR count). The smallest absolute Gasteiger partial charge is 0.251 e. The highest BCUT2D eigenvalue weighted by atomic mass is 16.5. The molecule has 34 heavy (non-hydrogen) atoms. The van der Waals surface area contributed by atoms with Gasteiger partial charge in [-0.3, -0.25) is 9.59 Å². The molecule has 2 amide bonds. The molecule has 9 nitrogen and oxygen atoms in total. The fourth-order valence-corrected chi connectivity index (χ4v) is 5.50. The van der Waals surface area contributed by atoms with E-state index < -0.39 is 0 Å². The van der Waals surface area contributed by atoms with Crippen LogP contribution in [0, 0.1) is 5.41 Å². The first-order valence-corrected chi connectivity index (χ1v) is 12.0. The lowest BCUT2D eigenvalue weighted by Crippen LogP contribution is -2.52. The maximum Gasteiger partial charge on any atom is 0.251 e. The fourth-order valence-electron chi connectivity index (χ4n) is 5.50. The van der Waals surface area contributed by atoms with Crippen molar-refractivity contribution in [3.63, 3.8) is 0 Å². The molecular weight excluding hydrogens is 432 g/mol. The molecule has 180 valence electrons. The molecule has 2 aromatic rings. The molecule has 0 bridgehead atoms. The number of anilines is 4. The summed E-state index contributed by atoms with van der Waals surface area (Å²) in [6, 6.07) is 5.58. The van der Waals surface area contributed by atoms with Gasteiger partial charge >= 0.3 is 0 Å². The minimum Gasteiger partial charge on any atom is -0.495 e. The van der Waals surface area contributed by atoms with Crippen molar-refractivity contribution in [3.8, 4) is 5.75 Å². The van der Waals surface area contributed by atoms with E-state index in [0.717, 1.165) is 43.6 Å². The third kappa shape index (κ3) is 3.73. The standard InChI is InChI=1S/C25H32N6O3/c1-26-22(32)16-9-10-18(20(13-16)34-3)28-24-27-14-19-21(29-24)31(17-7-4-5-8-17)15-25(11-6-12-25)23(33)30(19)2/h9-10,13-14,17H,4-8,11-12,15H2,1-3H3,(H,26,32)(H,27,28,29). The number of nitrogens with zero attached hydrogens (tertiary/aromatic N) is 4. The minimum atomic E-state index is -0.315. The molecule has 0 unspecified atom stereocenters. The van der Waals surface area contributed by atoms with E-state index in [0.29, 0.717) is 35.5 Å². The topological polar surface area (TPSA) is 99.7 Å². The molecule has 2 fully saturated rings. The summed E-state index contributed by atoms with van der Waals surface area (Å²) in [5.74, 6) is 1.75. The Morgan fingerprint density at radius 2 is 1.97 bits per heavy atom. The van der Waals surface area contributed by atoms with Gasteiger partial charge in [-0.1, -0.05) is 19.3 Å². The Balaban J connectivity index is 1.51. The number of carbonyl (C=O) groups excluding carboxylic acids is 2. The number of aromatic nitrogens is 2. The number of fused-ring (bicyclic) bond motifs is 1. The predicted octanol–water partition coefficient (Wildman–Crippen LogP) is 3.48. The number of hydrogen-bond donors (Lipinski definition) is 2. The second kappa shape index (κ2) is 8.77. The molecule has 2 saturated carbocycles. The van der Waals surface area contributed by atoms with Gasteiger partial charge in [0, 0.05) is 32.2 Å². The van der Waals surface area contributed by atoms with Gasteiger partial charge in [-0.25, -0.2) is 4.98 Å². The van der Waals surface area contributed by atoms with E-state index in [2.05, 4.69) is 20.5 Å². The van der Waals surface area contributed by atoms with E-state index in [1.807, 2.05) is 7.05 Å². The van der Waals surface area contributed by atoms with Gasteiger partial charge in [0.1, 0.15) is 11.4 Å². The molecule has 1 aromatic carbocycles. The second-order valence-electron chi connectivity index (χ2n) is 9.59. The van der Waals surface area contributed by atoms with Gasteiger partial charge < -0.3 is 25.2 Å². The Hall–Kier alpha value is -3.36.